The predicted molar refractivity (Wildman–Crippen MR) is 68.9 cm³/mol. The van der Waals surface area contributed by atoms with E-state index in [-0.39, 0.29) is 10.8 Å². The highest BCUT2D eigenvalue weighted by Crippen LogP contribution is 2.21. The first kappa shape index (κ1) is 10.8. The van der Waals surface area contributed by atoms with E-state index in [1.165, 1.54) is 11.0 Å². The Bertz CT molecular complexity index is 791. The van der Waals surface area contributed by atoms with Crippen molar-refractivity contribution in [1.82, 2.24) is 19.7 Å². The number of anilines is 1. The minimum Gasteiger partial charge on any atom is -0.399 e. The van der Waals surface area contributed by atoms with Gasteiger partial charge in [0.25, 0.3) is 5.56 Å². The normalized spacial score (nSPS) is 10.9. The van der Waals surface area contributed by atoms with Gasteiger partial charge in [0.05, 0.1) is 18.0 Å². The number of rotatable bonds is 1. The molecule has 7 heteroatoms. The molecule has 0 aliphatic carbocycles. The summed E-state index contributed by atoms with van der Waals surface area (Å²) in [5.74, 6) is 0.279. The molecule has 0 bridgehead atoms. The largest absolute Gasteiger partial charge is 0.399 e. The van der Waals surface area contributed by atoms with Crippen molar-refractivity contribution >= 4 is 28.2 Å². The number of fused-ring (bicyclic) bond motifs is 1. The van der Waals surface area contributed by atoms with Crippen LogP contribution in [0, 0.1) is 0 Å². The van der Waals surface area contributed by atoms with Gasteiger partial charge in [0, 0.05) is 11.1 Å². The van der Waals surface area contributed by atoms with E-state index in [9.17, 15) is 4.79 Å². The number of aromatic amines is 1. The molecular formula is C11H8ClN5O. The Balaban J connectivity index is 2.35. The van der Waals surface area contributed by atoms with Gasteiger partial charge in [0.15, 0.2) is 10.8 Å². The van der Waals surface area contributed by atoms with Crippen molar-refractivity contribution in [2.24, 2.45) is 0 Å². The monoisotopic (exact) mass is 261 g/mol. The fraction of sp³-hybridized carbons (Fsp3) is 0. The van der Waals surface area contributed by atoms with Crippen LogP contribution in [0.15, 0.2) is 35.5 Å². The second-order valence-corrected chi connectivity index (χ2v) is 4.12. The lowest BCUT2D eigenvalue weighted by atomic mass is 10.2. The maximum atomic E-state index is 11.4. The van der Waals surface area contributed by atoms with Crippen LogP contribution in [0.25, 0.3) is 16.7 Å². The zero-order valence-electron chi connectivity index (χ0n) is 9.09. The Kier molecular flexibility index (Phi) is 2.31. The van der Waals surface area contributed by atoms with Crippen LogP contribution in [-0.2, 0) is 0 Å². The highest BCUT2D eigenvalue weighted by Gasteiger charge is 2.12. The first-order valence-corrected chi connectivity index (χ1v) is 5.51. The Labute approximate surface area is 106 Å². The van der Waals surface area contributed by atoms with Gasteiger partial charge in [-0.2, -0.15) is 5.10 Å². The molecule has 3 N–H and O–H groups in total. The molecule has 0 radical (unpaired) electrons. The number of benzene rings is 1. The minimum absolute atomic E-state index is 0.00933. The molecule has 1 aromatic carbocycles. The van der Waals surface area contributed by atoms with Crippen molar-refractivity contribution in [2.45, 2.75) is 0 Å². The standard InChI is InChI=1S/C11H8ClN5O/c12-9-10(14-5-15-11(9)18)17-8-3-7(13)2-1-6(8)4-16-17/h1-5H,13H2,(H,14,15,18). The quantitative estimate of drug-likeness (QED) is 0.647. The van der Waals surface area contributed by atoms with Crippen molar-refractivity contribution in [3.63, 3.8) is 0 Å². The SMILES string of the molecule is Nc1ccc2cnn(-c3nc[nH]c(=O)c3Cl)c2c1. The van der Waals surface area contributed by atoms with E-state index >= 15 is 0 Å². The third-order valence-corrected chi connectivity index (χ3v) is 2.91. The van der Waals surface area contributed by atoms with Crippen LogP contribution in [-0.4, -0.2) is 19.7 Å². The van der Waals surface area contributed by atoms with E-state index in [0.717, 1.165) is 10.9 Å². The fourth-order valence-electron chi connectivity index (χ4n) is 1.73. The summed E-state index contributed by atoms with van der Waals surface area (Å²) in [7, 11) is 0. The summed E-state index contributed by atoms with van der Waals surface area (Å²) in [5, 5.41) is 5.05. The number of nitrogens with one attached hydrogen (secondary N) is 1. The molecule has 18 heavy (non-hydrogen) atoms. The van der Waals surface area contributed by atoms with Crippen LogP contribution in [0.2, 0.25) is 5.02 Å². The Hall–Kier alpha value is -2.34. The third-order valence-electron chi connectivity index (χ3n) is 2.57. The van der Waals surface area contributed by atoms with Gasteiger partial charge in [-0.3, -0.25) is 4.79 Å². The highest BCUT2D eigenvalue weighted by molar-refractivity contribution is 6.32. The second kappa shape index (κ2) is 3.85. The van der Waals surface area contributed by atoms with Crippen LogP contribution in [0.4, 0.5) is 5.69 Å². The van der Waals surface area contributed by atoms with Crippen LogP contribution in [0.1, 0.15) is 0 Å². The molecule has 0 atom stereocenters. The van der Waals surface area contributed by atoms with Crippen LogP contribution >= 0.6 is 11.6 Å². The number of nitrogens with zero attached hydrogens (tertiary/aromatic N) is 3. The number of nitrogens with two attached hydrogens (primary N) is 1. The lowest BCUT2D eigenvalue weighted by molar-refractivity contribution is 0.861. The summed E-state index contributed by atoms with van der Waals surface area (Å²) in [4.78, 5) is 17.9. The molecule has 2 aromatic heterocycles. The van der Waals surface area contributed by atoms with E-state index in [1.807, 2.05) is 6.07 Å². The van der Waals surface area contributed by atoms with E-state index in [1.54, 1.807) is 18.3 Å². The number of H-pyrrole nitrogens is 1. The number of aromatic nitrogens is 4. The molecule has 0 fully saturated rings. The fourth-order valence-corrected chi connectivity index (χ4v) is 1.91. The van der Waals surface area contributed by atoms with Gasteiger partial charge in [0.1, 0.15) is 0 Å². The smallest absolute Gasteiger partial charge is 0.271 e. The molecule has 0 saturated carbocycles. The van der Waals surface area contributed by atoms with Gasteiger partial charge in [-0.05, 0) is 18.2 Å². The zero-order valence-corrected chi connectivity index (χ0v) is 9.85. The Morgan fingerprint density at radius 2 is 2.22 bits per heavy atom. The molecular weight excluding hydrogens is 254 g/mol. The Morgan fingerprint density at radius 1 is 1.39 bits per heavy atom. The third kappa shape index (κ3) is 1.54. The van der Waals surface area contributed by atoms with Crippen molar-refractivity contribution in [3.8, 4) is 5.82 Å². The molecule has 0 aliphatic heterocycles. The van der Waals surface area contributed by atoms with E-state index in [2.05, 4.69) is 15.1 Å². The molecule has 90 valence electrons. The van der Waals surface area contributed by atoms with Crippen molar-refractivity contribution < 1.29 is 0 Å². The summed E-state index contributed by atoms with van der Waals surface area (Å²) in [6.07, 6.45) is 2.94. The highest BCUT2D eigenvalue weighted by atomic mass is 35.5. The average molecular weight is 262 g/mol. The lowest BCUT2D eigenvalue weighted by Crippen LogP contribution is -2.12. The first-order chi connectivity index (χ1) is 8.66. The van der Waals surface area contributed by atoms with Gasteiger partial charge in [0.2, 0.25) is 0 Å². The number of halogens is 1. The first-order valence-electron chi connectivity index (χ1n) is 5.13. The van der Waals surface area contributed by atoms with Gasteiger partial charge in [-0.1, -0.05) is 11.6 Å². The van der Waals surface area contributed by atoms with E-state index in [0.29, 0.717) is 5.69 Å². The van der Waals surface area contributed by atoms with Crippen LogP contribution < -0.4 is 11.3 Å². The summed E-state index contributed by atoms with van der Waals surface area (Å²) in [6, 6.07) is 5.37. The number of nitrogen functional groups attached to an aromatic ring is 1. The van der Waals surface area contributed by atoms with Crippen molar-refractivity contribution in [3.05, 3.63) is 46.1 Å². The molecule has 0 amide bonds. The van der Waals surface area contributed by atoms with Crippen molar-refractivity contribution in [1.29, 1.82) is 0 Å². The summed E-state index contributed by atoms with van der Waals surface area (Å²) in [6.45, 7) is 0. The van der Waals surface area contributed by atoms with Gasteiger partial charge >= 0.3 is 0 Å². The van der Waals surface area contributed by atoms with Gasteiger partial charge in [-0.25, -0.2) is 9.67 Å². The van der Waals surface area contributed by atoms with Crippen molar-refractivity contribution in [2.75, 3.05) is 5.73 Å². The topological polar surface area (TPSA) is 89.6 Å². The van der Waals surface area contributed by atoms with Crippen LogP contribution in [0.5, 0.6) is 0 Å². The molecule has 0 spiro atoms. The number of hydrogen-bond acceptors (Lipinski definition) is 4. The minimum atomic E-state index is -0.408. The molecule has 0 aliphatic rings. The molecule has 0 unspecified atom stereocenters. The van der Waals surface area contributed by atoms with Gasteiger partial charge < -0.3 is 10.7 Å². The predicted octanol–water partition coefficient (Wildman–Crippen LogP) is 1.34. The summed E-state index contributed by atoms with van der Waals surface area (Å²) >= 11 is 5.93. The van der Waals surface area contributed by atoms with Crippen LogP contribution in [0.3, 0.4) is 0 Å². The second-order valence-electron chi connectivity index (χ2n) is 3.74. The van der Waals surface area contributed by atoms with E-state index in [4.69, 9.17) is 17.3 Å². The summed E-state index contributed by atoms with van der Waals surface area (Å²) in [5.41, 5.74) is 6.67. The maximum absolute atomic E-state index is 11.4. The molecule has 3 rings (SSSR count). The lowest BCUT2D eigenvalue weighted by Gasteiger charge is -2.03. The van der Waals surface area contributed by atoms with E-state index < -0.39 is 5.56 Å². The van der Waals surface area contributed by atoms with Gasteiger partial charge in [-0.15, -0.1) is 0 Å². The maximum Gasteiger partial charge on any atom is 0.271 e. The zero-order chi connectivity index (χ0) is 12.7. The molecule has 0 saturated heterocycles. The number of hydrogen-bond donors (Lipinski definition) is 2. The Morgan fingerprint density at radius 3 is 3.06 bits per heavy atom. The molecule has 3 aromatic rings. The molecule has 2 heterocycles. The average Bonchev–Trinajstić information content (AvgIpc) is 2.75. The molecule has 6 nitrogen and oxygen atoms in total. The summed E-state index contributed by atoms with van der Waals surface area (Å²) < 4.78 is 1.49.